The zero-order valence-electron chi connectivity index (χ0n) is 20.9. The fraction of sp³-hybridized carbons (Fsp3) is 0.500. The van der Waals surface area contributed by atoms with Gasteiger partial charge in [0.05, 0.1) is 13.2 Å². The summed E-state index contributed by atoms with van der Waals surface area (Å²) < 4.78 is 5.19. The predicted octanol–water partition coefficient (Wildman–Crippen LogP) is 4.51. The van der Waals surface area contributed by atoms with E-state index < -0.39 is 0 Å². The molecule has 0 N–H and O–H groups in total. The van der Waals surface area contributed by atoms with Crippen LogP contribution in [0.2, 0.25) is 0 Å². The van der Waals surface area contributed by atoms with Gasteiger partial charge in [0.2, 0.25) is 0 Å². The van der Waals surface area contributed by atoms with E-state index in [1.54, 1.807) is 5.56 Å². The van der Waals surface area contributed by atoms with E-state index in [1.165, 1.54) is 18.4 Å². The van der Waals surface area contributed by atoms with Crippen molar-refractivity contribution in [1.29, 1.82) is 0 Å². The van der Waals surface area contributed by atoms with Crippen LogP contribution in [-0.4, -0.2) is 72.7 Å². The maximum Gasteiger partial charge on any atom is 0.409 e. The number of hydrogen-bond acceptors (Lipinski definition) is 4. The molecule has 2 aromatic rings. The summed E-state index contributed by atoms with van der Waals surface area (Å²) in [4.78, 5) is 19.2. The third-order valence-corrected chi connectivity index (χ3v) is 8.08. The molecule has 5 heteroatoms. The summed E-state index contributed by atoms with van der Waals surface area (Å²) in [5.74, 6) is 6.77. The van der Waals surface area contributed by atoms with Crippen molar-refractivity contribution in [2.24, 2.45) is 0 Å². The number of benzene rings is 2. The molecule has 35 heavy (non-hydrogen) atoms. The number of piperidine rings is 2. The van der Waals surface area contributed by atoms with Gasteiger partial charge in [0.15, 0.2) is 0 Å². The van der Waals surface area contributed by atoms with Gasteiger partial charge in [-0.1, -0.05) is 54.3 Å². The standard InChI is InChI=1S/C30H37N3O2/c1-2-35-29(34)33-19-14-27(15-20-33)32-21-16-30(17-22-32)24-31(23-26-12-6-7-13-28(26)30)18-8-11-25-9-4-3-5-10-25/h3-7,9-10,12-13,27H,2,14-24H2,1H3. The van der Waals surface area contributed by atoms with Crippen LogP contribution in [0, 0.1) is 11.8 Å². The van der Waals surface area contributed by atoms with Crippen LogP contribution in [-0.2, 0) is 16.7 Å². The van der Waals surface area contributed by atoms with Crippen molar-refractivity contribution in [1.82, 2.24) is 14.7 Å². The fourth-order valence-corrected chi connectivity index (χ4v) is 6.25. The van der Waals surface area contributed by atoms with E-state index in [2.05, 4.69) is 58.0 Å². The Morgan fingerprint density at radius 3 is 2.46 bits per heavy atom. The van der Waals surface area contributed by atoms with E-state index in [9.17, 15) is 4.79 Å². The van der Waals surface area contributed by atoms with Gasteiger partial charge in [-0.05, 0) is 69.0 Å². The van der Waals surface area contributed by atoms with Crippen LogP contribution in [0.4, 0.5) is 4.79 Å². The minimum Gasteiger partial charge on any atom is -0.450 e. The van der Waals surface area contributed by atoms with Crippen LogP contribution in [0.25, 0.3) is 0 Å². The lowest BCUT2D eigenvalue weighted by Gasteiger charge is -2.50. The van der Waals surface area contributed by atoms with Crippen LogP contribution >= 0.6 is 0 Å². The minimum atomic E-state index is -0.155. The molecule has 184 valence electrons. The zero-order chi connectivity index (χ0) is 24.1. The lowest BCUT2D eigenvalue weighted by Crippen LogP contribution is -2.55. The third-order valence-electron chi connectivity index (χ3n) is 8.08. The summed E-state index contributed by atoms with van der Waals surface area (Å²) >= 11 is 0. The SMILES string of the molecule is CCOC(=O)N1CCC(N2CCC3(CC2)CN(CC#Cc2ccccc2)Cc2ccccc23)CC1. The largest absolute Gasteiger partial charge is 0.450 e. The smallest absolute Gasteiger partial charge is 0.409 e. The molecule has 3 heterocycles. The van der Waals surface area contributed by atoms with Gasteiger partial charge in [0, 0.05) is 43.2 Å². The normalized spacial score (nSPS) is 20.7. The molecule has 2 saturated heterocycles. The van der Waals surface area contributed by atoms with Crippen molar-refractivity contribution in [2.45, 2.75) is 50.6 Å². The van der Waals surface area contributed by atoms with E-state index in [1.807, 2.05) is 30.0 Å². The lowest BCUT2D eigenvalue weighted by atomic mass is 9.68. The van der Waals surface area contributed by atoms with Gasteiger partial charge >= 0.3 is 6.09 Å². The Bertz CT molecular complexity index is 1060. The Labute approximate surface area is 210 Å². The molecule has 2 aromatic carbocycles. The molecule has 5 nitrogen and oxygen atoms in total. The number of carbonyl (C=O) groups excluding carboxylic acids is 1. The highest BCUT2D eigenvalue weighted by atomic mass is 16.6. The first-order chi connectivity index (χ1) is 17.2. The van der Waals surface area contributed by atoms with E-state index in [4.69, 9.17) is 4.74 Å². The second kappa shape index (κ2) is 10.8. The summed E-state index contributed by atoms with van der Waals surface area (Å²) in [5, 5.41) is 0. The molecular weight excluding hydrogens is 434 g/mol. The van der Waals surface area contributed by atoms with Crippen molar-refractivity contribution in [3.8, 4) is 11.8 Å². The Hall–Kier alpha value is -2.81. The van der Waals surface area contributed by atoms with Gasteiger partial charge in [-0.3, -0.25) is 4.90 Å². The average molecular weight is 472 g/mol. The summed E-state index contributed by atoms with van der Waals surface area (Å²) in [6, 6.07) is 19.9. The summed E-state index contributed by atoms with van der Waals surface area (Å²) in [6.07, 6.45) is 4.31. The highest BCUT2D eigenvalue weighted by molar-refractivity contribution is 5.67. The van der Waals surface area contributed by atoms with E-state index in [0.717, 1.165) is 64.2 Å². The number of rotatable bonds is 3. The lowest BCUT2D eigenvalue weighted by molar-refractivity contribution is 0.0450. The van der Waals surface area contributed by atoms with Crippen molar-refractivity contribution in [2.75, 3.05) is 45.9 Å². The monoisotopic (exact) mass is 471 g/mol. The number of ether oxygens (including phenoxy) is 1. The van der Waals surface area contributed by atoms with E-state index in [0.29, 0.717) is 12.6 Å². The van der Waals surface area contributed by atoms with Crippen LogP contribution in [0.1, 0.15) is 49.3 Å². The van der Waals surface area contributed by atoms with E-state index >= 15 is 0 Å². The molecule has 0 radical (unpaired) electrons. The second-order valence-electron chi connectivity index (χ2n) is 10.2. The van der Waals surface area contributed by atoms with Gasteiger partial charge in [-0.25, -0.2) is 4.79 Å². The second-order valence-corrected chi connectivity index (χ2v) is 10.2. The number of nitrogens with zero attached hydrogens (tertiary/aromatic N) is 3. The topological polar surface area (TPSA) is 36.0 Å². The quantitative estimate of drug-likeness (QED) is 0.618. The molecule has 1 amide bonds. The first-order valence-electron chi connectivity index (χ1n) is 13.2. The number of hydrogen-bond donors (Lipinski definition) is 0. The van der Waals surface area contributed by atoms with Crippen molar-refractivity contribution >= 4 is 6.09 Å². The first kappa shape index (κ1) is 23.9. The summed E-state index contributed by atoms with van der Waals surface area (Å²) in [7, 11) is 0. The molecule has 3 aliphatic heterocycles. The highest BCUT2D eigenvalue weighted by Crippen LogP contribution is 2.42. The molecule has 0 unspecified atom stereocenters. The maximum absolute atomic E-state index is 12.1. The minimum absolute atomic E-state index is 0.155. The van der Waals surface area contributed by atoms with Gasteiger partial charge < -0.3 is 14.5 Å². The first-order valence-corrected chi connectivity index (χ1v) is 13.2. The molecule has 3 aliphatic rings. The Morgan fingerprint density at radius 1 is 1.00 bits per heavy atom. The van der Waals surface area contributed by atoms with Gasteiger partial charge in [0.25, 0.3) is 0 Å². The van der Waals surface area contributed by atoms with Gasteiger partial charge in [0.1, 0.15) is 0 Å². The number of amides is 1. The van der Waals surface area contributed by atoms with E-state index in [-0.39, 0.29) is 11.5 Å². The molecule has 0 saturated carbocycles. The average Bonchev–Trinajstić information content (AvgIpc) is 2.90. The van der Waals surface area contributed by atoms with Crippen LogP contribution in [0.3, 0.4) is 0 Å². The number of fused-ring (bicyclic) bond motifs is 2. The molecule has 5 rings (SSSR count). The number of likely N-dealkylation sites (tertiary alicyclic amines) is 2. The zero-order valence-corrected chi connectivity index (χ0v) is 20.9. The molecule has 0 aliphatic carbocycles. The van der Waals surface area contributed by atoms with Crippen LogP contribution < -0.4 is 0 Å². The van der Waals surface area contributed by atoms with Crippen molar-refractivity contribution < 1.29 is 9.53 Å². The third kappa shape index (κ3) is 5.39. The Morgan fingerprint density at radius 2 is 1.71 bits per heavy atom. The highest BCUT2D eigenvalue weighted by Gasteiger charge is 2.43. The molecule has 0 aromatic heterocycles. The number of carbonyl (C=O) groups is 1. The maximum atomic E-state index is 12.1. The van der Waals surface area contributed by atoms with Crippen LogP contribution in [0.5, 0.6) is 0 Å². The molecular formula is C30H37N3O2. The summed E-state index contributed by atoms with van der Waals surface area (Å²) in [6.45, 7) is 9.06. The molecule has 0 bridgehead atoms. The predicted molar refractivity (Wildman–Crippen MR) is 139 cm³/mol. The van der Waals surface area contributed by atoms with Crippen molar-refractivity contribution in [3.63, 3.8) is 0 Å². The molecule has 2 fully saturated rings. The molecule has 0 atom stereocenters. The van der Waals surface area contributed by atoms with Crippen molar-refractivity contribution in [3.05, 3.63) is 71.3 Å². The Balaban J connectivity index is 1.22. The van der Waals surface area contributed by atoms with Gasteiger partial charge in [-0.15, -0.1) is 0 Å². The summed E-state index contributed by atoms with van der Waals surface area (Å²) in [5.41, 5.74) is 4.33. The molecule has 1 spiro atoms. The Kier molecular flexibility index (Phi) is 7.41. The van der Waals surface area contributed by atoms with Gasteiger partial charge in [-0.2, -0.15) is 0 Å². The van der Waals surface area contributed by atoms with Crippen LogP contribution in [0.15, 0.2) is 54.6 Å². The fourth-order valence-electron chi connectivity index (χ4n) is 6.25.